The van der Waals surface area contributed by atoms with Gasteiger partial charge in [-0.1, -0.05) is 0 Å². The van der Waals surface area contributed by atoms with Gasteiger partial charge in [-0.2, -0.15) is 5.10 Å². The molecule has 0 saturated carbocycles. The summed E-state index contributed by atoms with van der Waals surface area (Å²) in [5.74, 6) is -1.45. The third kappa shape index (κ3) is 1.68. The van der Waals surface area contributed by atoms with Crippen molar-refractivity contribution in [3.05, 3.63) is 40.8 Å². The van der Waals surface area contributed by atoms with Crippen molar-refractivity contribution in [1.82, 2.24) is 10.2 Å². The van der Waals surface area contributed by atoms with E-state index < -0.39 is 5.97 Å². The first-order chi connectivity index (χ1) is 8.65. The van der Waals surface area contributed by atoms with Crippen LogP contribution in [0.4, 0.5) is 4.39 Å². The molecular formula is C13H11FN2O2. The van der Waals surface area contributed by atoms with Gasteiger partial charge in [0, 0.05) is 5.56 Å². The predicted octanol–water partition coefficient (Wildman–Crippen LogP) is 2.40. The van der Waals surface area contributed by atoms with Crippen molar-refractivity contribution in [3.8, 4) is 11.3 Å². The molecule has 0 unspecified atom stereocenters. The molecule has 0 atom stereocenters. The van der Waals surface area contributed by atoms with Crippen LogP contribution in [0.1, 0.15) is 28.0 Å². The molecule has 5 heteroatoms. The van der Waals surface area contributed by atoms with Crippen molar-refractivity contribution < 1.29 is 14.3 Å². The van der Waals surface area contributed by atoms with Crippen molar-refractivity contribution in [1.29, 1.82) is 0 Å². The smallest absolute Gasteiger partial charge is 0.353 e. The zero-order chi connectivity index (χ0) is 12.7. The highest BCUT2D eigenvalue weighted by atomic mass is 19.1. The van der Waals surface area contributed by atoms with Gasteiger partial charge in [0.05, 0.1) is 5.69 Å². The maximum Gasteiger partial charge on any atom is 0.353 e. The number of aryl methyl sites for hydroxylation is 2. The minimum absolute atomic E-state index is 0.0371. The van der Waals surface area contributed by atoms with Crippen LogP contribution in [0.5, 0.6) is 0 Å². The zero-order valence-electron chi connectivity index (χ0n) is 9.53. The van der Waals surface area contributed by atoms with Gasteiger partial charge in [-0.3, -0.25) is 5.10 Å². The Kier molecular flexibility index (Phi) is 2.40. The van der Waals surface area contributed by atoms with E-state index in [1.807, 2.05) is 0 Å². The van der Waals surface area contributed by atoms with Crippen LogP contribution in [0.15, 0.2) is 18.2 Å². The van der Waals surface area contributed by atoms with Gasteiger partial charge in [0.2, 0.25) is 0 Å². The van der Waals surface area contributed by atoms with Crippen LogP contribution in [-0.4, -0.2) is 21.3 Å². The lowest BCUT2D eigenvalue weighted by atomic mass is 10.0. The second-order valence-corrected chi connectivity index (χ2v) is 4.43. The summed E-state index contributed by atoms with van der Waals surface area (Å²) in [7, 11) is 0. The number of hydrogen-bond donors (Lipinski definition) is 2. The minimum Gasteiger partial charge on any atom is -0.477 e. The largest absolute Gasteiger partial charge is 0.477 e. The summed E-state index contributed by atoms with van der Waals surface area (Å²) < 4.78 is 13.9. The number of hydrogen-bond acceptors (Lipinski definition) is 2. The van der Waals surface area contributed by atoms with Gasteiger partial charge in [-0.15, -0.1) is 0 Å². The van der Waals surface area contributed by atoms with E-state index >= 15 is 0 Å². The SMILES string of the molecule is O=C(O)c1cc(-c2cc3c(cc2F)CCC3)n[nH]1. The monoisotopic (exact) mass is 246 g/mol. The standard InChI is InChI=1S/C13H11FN2O2/c14-10-5-8-3-1-2-7(8)4-9(10)11-6-12(13(17)18)16-15-11/h4-6H,1-3H2,(H,15,16)(H,17,18). The van der Waals surface area contributed by atoms with Gasteiger partial charge >= 0.3 is 5.97 Å². The van der Waals surface area contributed by atoms with Crippen molar-refractivity contribution in [2.75, 3.05) is 0 Å². The Bertz CT molecular complexity index is 634. The maximum atomic E-state index is 13.9. The van der Waals surface area contributed by atoms with Gasteiger partial charge in [0.25, 0.3) is 0 Å². The number of aromatic amines is 1. The Hall–Kier alpha value is -2.17. The van der Waals surface area contributed by atoms with E-state index in [1.54, 1.807) is 6.07 Å². The summed E-state index contributed by atoms with van der Waals surface area (Å²) in [5, 5.41) is 15.0. The second kappa shape index (κ2) is 3.94. The molecule has 0 saturated heterocycles. The van der Waals surface area contributed by atoms with Crippen LogP contribution >= 0.6 is 0 Å². The molecule has 1 aliphatic carbocycles. The van der Waals surface area contributed by atoms with Gasteiger partial charge in [0.1, 0.15) is 11.5 Å². The number of rotatable bonds is 2. The first-order valence-corrected chi connectivity index (χ1v) is 5.75. The fourth-order valence-electron chi connectivity index (χ4n) is 2.36. The number of carboxylic acid groups (broad SMARTS) is 1. The Labute approximate surface area is 102 Å². The number of carboxylic acids is 1. The van der Waals surface area contributed by atoms with Gasteiger partial charge in [-0.25, -0.2) is 9.18 Å². The van der Waals surface area contributed by atoms with E-state index in [4.69, 9.17) is 5.11 Å². The van der Waals surface area contributed by atoms with E-state index in [0.29, 0.717) is 11.3 Å². The molecule has 0 spiro atoms. The van der Waals surface area contributed by atoms with Crippen LogP contribution in [-0.2, 0) is 12.8 Å². The van der Waals surface area contributed by atoms with Crippen molar-refractivity contribution >= 4 is 5.97 Å². The first-order valence-electron chi connectivity index (χ1n) is 5.75. The Morgan fingerprint density at radius 2 is 2.00 bits per heavy atom. The number of nitrogens with one attached hydrogen (secondary N) is 1. The van der Waals surface area contributed by atoms with Crippen LogP contribution in [0, 0.1) is 5.82 Å². The number of aromatic nitrogens is 2. The van der Waals surface area contributed by atoms with Crippen LogP contribution < -0.4 is 0 Å². The molecule has 18 heavy (non-hydrogen) atoms. The molecule has 1 aromatic carbocycles. The molecule has 92 valence electrons. The third-order valence-corrected chi connectivity index (χ3v) is 3.27. The topological polar surface area (TPSA) is 66.0 Å². The van der Waals surface area contributed by atoms with Crippen LogP contribution in [0.2, 0.25) is 0 Å². The molecule has 0 bridgehead atoms. The average Bonchev–Trinajstić information content (AvgIpc) is 2.94. The molecule has 3 rings (SSSR count). The van der Waals surface area contributed by atoms with E-state index in [1.165, 1.54) is 12.1 Å². The fraction of sp³-hybridized carbons (Fsp3) is 0.231. The van der Waals surface area contributed by atoms with Crippen LogP contribution in [0.3, 0.4) is 0 Å². The van der Waals surface area contributed by atoms with E-state index in [2.05, 4.69) is 10.2 Å². The number of fused-ring (bicyclic) bond motifs is 1. The molecule has 1 aromatic heterocycles. The summed E-state index contributed by atoms with van der Waals surface area (Å²) in [4.78, 5) is 10.8. The van der Waals surface area contributed by atoms with E-state index in [-0.39, 0.29) is 11.5 Å². The number of halogens is 1. The van der Waals surface area contributed by atoms with Gasteiger partial charge in [-0.05, 0) is 48.6 Å². The van der Waals surface area contributed by atoms with E-state index in [0.717, 1.165) is 30.4 Å². The number of nitrogens with zero attached hydrogens (tertiary/aromatic N) is 1. The summed E-state index contributed by atoms with van der Waals surface area (Å²) in [6.45, 7) is 0. The number of aromatic carboxylic acids is 1. The first kappa shape index (κ1) is 11.0. The van der Waals surface area contributed by atoms with Crippen molar-refractivity contribution in [3.63, 3.8) is 0 Å². The summed E-state index contributed by atoms with van der Waals surface area (Å²) in [6, 6.07) is 4.66. The minimum atomic E-state index is -1.10. The molecule has 1 aliphatic rings. The molecule has 0 amide bonds. The fourth-order valence-corrected chi connectivity index (χ4v) is 2.36. The highest BCUT2D eigenvalue weighted by Crippen LogP contribution is 2.30. The number of H-pyrrole nitrogens is 1. The van der Waals surface area contributed by atoms with Crippen molar-refractivity contribution in [2.45, 2.75) is 19.3 Å². The van der Waals surface area contributed by atoms with Crippen molar-refractivity contribution in [2.24, 2.45) is 0 Å². The lowest BCUT2D eigenvalue weighted by molar-refractivity contribution is 0.0690. The highest BCUT2D eigenvalue weighted by Gasteiger charge is 2.18. The van der Waals surface area contributed by atoms with Crippen LogP contribution in [0.25, 0.3) is 11.3 Å². The second-order valence-electron chi connectivity index (χ2n) is 4.43. The Morgan fingerprint density at radius 3 is 2.67 bits per heavy atom. The molecule has 2 aromatic rings. The van der Waals surface area contributed by atoms with E-state index in [9.17, 15) is 9.18 Å². The molecular weight excluding hydrogens is 235 g/mol. The summed E-state index contributed by atoms with van der Waals surface area (Å²) in [6.07, 6.45) is 2.89. The summed E-state index contributed by atoms with van der Waals surface area (Å²) >= 11 is 0. The quantitative estimate of drug-likeness (QED) is 0.855. The number of benzene rings is 1. The Balaban J connectivity index is 2.08. The zero-order valence-corrected chi connectivity index (χ0v) is 9.53. The molecule has 0 aliphatic heterocycles. The van der Waals surface area contributed by atoms with Gasteiger partial charge in [0.15, 0.2) is 0 Å². The molecule has 4 nitrogen and oxygen atoms in total. The van der Waals surface area contributed by atoms with Gasteiger partial charge < -0.3 is 5.11 Å². The number of carbonyl (C=O) groups is 1. The predicted molar refractivity (Wildman–Crippen MR) is 63.0 cm³/mol. The summed E-state index contributed by atoms with van der Waals surface area (Å²) in [5.41, 5.74) is 2.83. The molecule has 0 fully saturated rings. The maximum absolute atomic E-state index is 13.9. The normalized spacial score (nSPS) is 13.6. The Morgan fingerprint density at radius 1 is 1.28 bits per heavy atom. The average molecular weight is 246 g/mol. The highest BCUT2D eigenvalue weighted by molar-refractivity contribution is 5.86. The molecule has 0 radical (unpaired) electrons. The lowest BCUT2D eigenvalue weighted by Gasteiger charge is -2.04. The third-order valence-electron chi connectivity index (χ3n) is 3.27. The molecule has 2 N–H and O–H groups in total. The lowest BCUT2D eigenvalue weighted by Crippen LogP contribution is -1.95. The molecule has 1 heterocycles.